The number of aliphatic hydroxyl groups excluding tert-OH is 1. The summed E-state index contributed by atoms with van der Waals surface area (Å²) in [5.41, 5.74) is 0. The highest BCUT2D eigenvalue weighted by atomic mass is 16.7. The lowest BCUT2D eigenvalue weighted by Gasteiger charge is -2.14. The first-order chi connectivity index (χ1) is 5.45. The van der Waals surface area contributed by atoms with Crippen LogP contribution >= 0.6 is 0 Å². The van der Waals surface area contributed by atoms with Gasteiger partial charge in [-0.05, 0) is 6.92 Å². The zero-order valence-electron chi connectivity index (χ0n) is 7.77. The Morgan fingerprint density at radius 3 is 1.58 bits per heavy atom. The molecule has 0 aromatic carbocycles. The van der Waals surface area contributed by atoms with Crippen molar-refractivity contribution in [3.63, 3.8) is 0 Å². The van der Waals surface area contributed by atoms with Crippen LogP contribution in [0.2, 0.25) is 0 Å². The molecule has 0 saturated carbocycles. The van der Waals surface area contributed by atoms with Gasteiger partial charge in [-0.1, -0.05) is 0 Å². The standard InChI is InChI=1S/C5H12O3.C2H4O2/c1-4(6)5(7-2)8-3;1-2(3)4/h4-6H,1-3H3;1H3,(H,3,4). The number of aliphatic hydroxyl groups is 1. The van der Waals surface area contributed by atoms with Crippen LogP contribution in [0.15, 0.2) is 0 Å². The highest BCUT2D eigenvalue weighted by Gasteiger charge is 2.10. The van der Waals surface area contributed by atoms with Crippen LogP contribution in [-0.4, -0.2) is 42.8 Å². The molecule has 0 heterocycles. The van der Waals surface area contributed by atoms with Gasteiger partial charge in [0, 0.05) is 21.1 Å². The van der Waals surface area contributed by atoms with Gasteiger partial charge in [-0.3, -0.25) is 4.79 Å². The van der Waals surface area contributed by atoms with E-state index in [-0.39, 0.29) is 0 Å². The highest BCUT2D eigenvalue weighted by Crippen LogP contribution is 1.95. The summed E-state index contributed by atoms with van der Waals surface area (Å²) in [5, 5.41) is 16.2. The SMILES string of the molecule is CC(=O)O.COC(OC)C(C)O. The zero-order chi connectivity index (χ0) is 10.1. The van der Waals surface area contributed by atoms with E-state index in [9.17, 15) is 0 Å². The van der Waals surface area contributed by atoms with Crippen molar-refractivity contribution in [2.75, 3.05) is 14.2 Å². The summed E-state index contributed by atoms with van der Waals surface area (Å²) in [6.45, 7) is 2.69. The van der Waals surface area contributed by atoms with Gasteiger partial charge in [0.15, 0.2) is 6.29 Å². The van der Waals surface area contributed by atoms with E-state index < -0.39 is 18.4 Å². The molecular formula is C7H16O5. The Labute approximate surface area is 71.9 Å². The van der Waals surface area contributed by atoms with Crippen molar-refractivity contribution < 1.29 is 24.5 Å². The minimum atomic E-state index is -0.833. The van der Waals surface area contributed by atoms with Crippen molar-refractivity contribution in [2.24, 2.45) is 0 Å². The van der Waals surface area contributed by atoms with Gasteiger partial charge in [-0.25, -0.2) is 0 Å². The number of hydrogen-bond donors (Lipinski definition) is 2. The molecule has 0 aliphatic heterocycles. The second-order valence-electron chi connectivity index (χ2n) is 2.10. The molecule has 5 nitrogen and oxygen atoms in total. The van der Waals surface area contributed by atoms with Gasteiger partial charge in [-0.2, -0.15) is 0 Å². The van der Waals surface area contributed by atoms with Crippen molar-refractivity contribution in [1.82, 2.24) is 0 Å². The number of rotatable bonds is 3. The predicted molar refractivity (Wildman–Crippen MR) is 42.8 cm³/mol. The zero-order valence-corrected chi connectivity index (χ0v) is 7.77. The van der Waals surface area contributed by atoms with E-state index in [1.54, 1.807) is 6.92 Å². The molecule has 0 spiro atoms. The van der Waals surface area contributed by atoms with Crippen molar-refractivity contribution in [3.05, 3.63) is 0 Å². The Hall–Kier alpha value is -0.650. The molecule has 0 aromatic rings. The largest absolute Gasteiger partial charge is 0.481 e. The third kappa shape index (κ3) is 12.1. The lowest BCUT2D eigenvalue weighted by Crippen LogP contribution is -2.26. The number of ether oxygens (including phenoxy) is 2. The van der Waals surface area contributed by atoms with Crippen LogP contribution in [0.1, 0.15) is 13.8 Å². The molecular weight excluding hydrogens is 164 g/mol. The number of methoxy groups -OCH3 is 2. The molecule has 5 heteroatoms. The molecule has 0 amide bonds. The summed E-state index contributed by atoms with van der Waals surface area (Å²) in [5.74, 6) is -0.833. The maximum atomic E-state index is 9.00. The lowest BCUT2D eigenvalue weighted by molar-refractivity contribution is -0.158. The van der Waals surface area contributed by atoms with E-state index in [0.717, 1.165) is 6.92 Å². The molecule has 0 aromatic heterocycles. The first-order valence-electron chi connectivity index (χ1n) is 3.38. The molecule has 2 N–H and O–H groups in total. The lowest BCUT2D eigenvalue weighted by atomic mass is 10.4. The second-order valence-corrected chi connectivity index (χ2v) is 2.10. The summed E-state index contributed by atoms with van der Waals surface area (Å²) in [6, 6.07) is 0. The van der Waals surface area contributed by atoms with E-state index in [1.165, 1.54) is 14.2 Å². The van der Waals surface area contributed by atoms with Gasteiger partial charge in [0.25, 0.3) is 5.97 Å². The Bertz CT molecular complexity index is 104. The average Bonchev–Trinajstić information content (AvgIpc) is 1.87. The third-order valence-corrected chi connectivity index (χ3v) is 0.858. The Balaban J connectivity index is 0. The number of aliphatic carboxylic acids is 1. The first kappa shape index (κ1) is 13.9. The molecule has 0 saturated heterocycles. The highest BCUT2D eigenvalue weighted by molar-refractivity contribution is 5.62. The fourth-order valence-electron chi connectivity index (χ4n) is 0.490. The van der Waals surface area contributed by atoms with Crippen LogP contribution in [-0.2, 0) is 14.3 Å². The minimum absolute atomic E-state index is 0.491. The average molecular weight is 180 g/mol. The molecule has 0 aliphatic carbocycles. The number of carbonyl (C=O) groups is 1. The van der Waals surface area contributed by atoms with Crippen molar-refractivity contribution in [1.29, 1.82) is 0 Å². The summed E-state index contributed by atoms with van der Waals surface area (Å²) in [4.78, 5) is 9.00. The first-order valence-corrected chi connectivity index (χ1v) is 3.38. The van der Waals surface area contributed by atoms with E-state index in [4.69, 9.17) is 15.0 Å². The maximum Gasteiger partial charge on any atom is 0.300 e. The van der Waals surface area contributed by atoms with Gasteiger partial charge in [0.2, 0.25) is 0 Å². The predicted octanol–water partition coefficient (Wildman–Crippen LogP) is 0.0770. The minimum Gasteiger partial charge on any atom is -0.481 e. The van der Waals surface area contributed by atoms with Crippen LogP contribution in [0.3, 0.4) is 0 Å². The van der Waals surface area contributed by atoms with E-state index in [0.29, 0.717) is 0 Å². The van der Waals surface area contributed by atoms with Gasteiger partial charge in [0.1, 0.15) is 6.10 Å². The number of hydrogen-bond acceptors (Lipinski definition) is 4. The fourth-order valence-corrected chi connectivity index (χ4v) is 0.490. The molecule has 0 bridgehead atoms. The fraction of sp³-hybridized carbons (Fsp3) is 0.857. The van der Waals surface area contributed by atoms with Gasteiger partial charge < -0.3 is 19.7 Å². The molecule has 0 aliphatic rings. The molecule has 0 fully saturated rings. The van der Waals surface area contributed by atoms with Crippen LogP contribution < -0.4 is 0 Å². The molecule has 12 heavy (non-hydrogen) atoms. The second kappa shape index (κ2) is 8.45. The number of carboxylic acid groups (broad SMARTS) is 1. The van der Waals surface area contributed by atoms with Crippen molar-refractivity contribution >= 4 is 5.97 Å². The van der Waals surface area contributed by atoms with Crippen molar-refractivity contribution in [2.45, 2.75) is 26.2 Å². The molecule has 0 radical (unpaired) electrons. The normalized spacial score (nSPS) is 11.8. The van der Waals surface area contributed by atoms with Crippen LogP contribution in [0, 0.1) is 0 Å². The van der Waals surface area contributed by atoms with Crippen LogP contribution in [0.25, 0.3) is 0 Å². The Morgan fingerprint density at radius 1 is 1.33 bits per heavy atom. The van der Waals surface area contributed by atoms with E-state index >= 15 is 0 Å². The molecule has 74 valence electrons. The number of carboxylic acids is 1. The topological polar surface area (TPSA) is 76.0 Å². The monoisotopic (exact) mass is 180 g/mol. The summed E-state index contributed by atoms with van der Waals surface area (Å²) in [7, 11) is 2.97. The summed E-state index contributed by atoms with van der Waals surface area (Å²) in [6.07, 6.45) is -1.06. The van der Waals surface area contributed by atoms with Crippen LogP contribution in [0.5, 0.6) is 0 Å². The third-order valence-electron chi connectivity index (χ3n) is 0.858. The summed E-state index contributed by atoms with van der Waals surface area (Å²) >= 11 is 0. The molecule has 1 unspecified atom stereocenters. The Kier molecular flexibility index (Phi) is 9.79. The Morgan fingerprint density at radius 2 is 1.58 bits per heavy atom. The summed E-state index contributed by atoms with van der Waals surface area (Å²) < 4.78 is 9.38. The molecule has 0 rings (SSSR count). The van der Waals surface area contributed by atoms with Crippen molar-refractivity contribution in [3.8, 4) is 0 Å². The molecule has 1 atom stereocenters. The van der Waals surface area contributed by atoms with E-state index in [2.05, 4.69) is 9.47 Å². The van der Waals surface area contributed by atoms with Gasteiger partial charge in [-0.15, -0.1) is 0 Å². The maximum absolute atomic E-state index is 9.00. The van der Waals surface area contributed by atoms with Gasteiger partial charge in [0.05, 0.1) is 0 Å². The van der Waals surface area contributed by atoms with Gasteiger partial charge >= 0.3 is 0 Å². The quantitative estimate of drug-likeness (QED) is 0.601. The van der Waals surface area contributed by atoms with Crippen LogP contribution in [0.4, 0.5) is 0 Å². The van der Waals surface area contributed by atoms with E-state index in [1.807, 2.05) is 0 Å². The smallest absolute Gasteiger partial charge is 0.300 e.